The van der Waals surface area contributed by atoms with Crippen LogP contribution in [-0.4, -0.2) is 60.6 Å². The second-order valence-electron chi connectivity index (χ2n) is 4.86. The largest absolute Gasteiger partial charge is 0.358 e. The SMILES string of the molecule is CNC(=O)C1CNCCN1C1CCCSC1C. The maximum Gasteiger partial charge on any atom is 0.238 e. The predicted octanol–water partition coefficient (Wildman–Crippen LogP) is 0.290. The van der Waals surface area contributed by atoms with Gasteiger partial charge in [0.05, 0.1) is 0 Å². The minimum Gasteiger partial charge on any atom is -0.358 e. The van der Waals surface area contributed by atoms with Crippen LogP contribution in [0, 0.1) is 0 Å². The van der Waals surface area contributed by atoms with Gasteiger partial charge in [-0.05, 0) is 18.6 Å². The predicted molar refractivity (Wildman–Crippen MR) is 72.4 cm³/mol. The van der Waals surface area contributed by atoms with Gasteiger partial charge in [-0.2, -0.15) is 11.8 Å². The van der Waals surface area contributed by atoms with E-state index < -0.39 is 0 Å². The van der Waals surface area contributed by atoms with Crippen molar-refractivity contribution < 1.29 is 4.79 Å². The third-order valence-electron chi connectivity index (χ3n) is 3.83. The smallest absolute Gasteiger partial charge is 0.238 e. The Morgan fingerprint density at radius 1 is 1.53 bits per heavy atom. The number of nitrogens with one attached hydrogen (secondary N) is 2. The van der Waals surface area contributed by atoms with Crippen molar-refractivity contribution in [1.29, 1.82) is 0 Å². The molecule has 4 nitrogen and oxygen atoms in total. The van der Waals surface area contributed by atoms with Gasteiger partial charge in [-0.1, -0.05) is 6.92 Å². The highest BCUT2D eigenvalue weighted by Crippen LogP contribution is 2.30. The lowest BCUT2D eigenvalue weighted by atomic mass is 10.0. The van der Waals surface area contributed by atoms with Crippen molar-refractivity contribution in [3.05, 3.63) is 0 Å². The summed E-state index contributed by atoms with van der Waals surface area (Å²) in [7, 11) is 1.73. The molecule has 0 spiro atoms. The zero-order chi connectivity index (χ0) is 12.3. The molecule has 0 aromatic heterocycles. The van der Waals surface area contributed by atoms with Gasteiger partial charge in [0.2, 0.25) is 5.91 Å². The van der Waals surface area contributed by atoms with Gasteiger partial charge in [0, 0.05) is 38.0 Å². The molecule has 0 bridgehead atoms. The van der Waals surface area contributed by atoms with Crippen LogP contribution in [0.5, 0.6) is 0 Å². The van der Waals surface area contributed by atoms with Crippen molar-refractivity contribution in [2.45, 2.75) is 37.1 Å². The van der Waals surface area contributed by atoms with Crippen LogP contribution in [0.15, 0.2) is 0 Å². The van der Waals surface area contributed by atoms with Gasteiger partial charge >= 0.3 is 0 Å². The summed E-state index contributed by atoms with van der Waals surface area (Å²) in [6.07, 6.45) is 2.52. The number of piperazine rings is 1. The molecule has 2 rings (SSSR count). The normalized spacial score (nSPS) is 35.5. The second kappa shape index (κ2) is 6.07. The molecule has 2 aliphatic rings. The summed E-state index contributed by atoms with van der Waals surface area (Å²) in [5.41, 5.74) is 0. The highest BCUT2D eigenvalue weighted by atomic mass is 32.2. The maximum atomic E-state index is 11.9. The van der Waals surface area contributed by atoms with E-state index in [1.165, 1.54) is 18.6 Å². The zero-order valence-electron chi connectivity index (χ0n) is 10.7. The van der Waals surface area contributed by atoms with Crippen LogP contribution in [0.3, 0.4) is 0 Å². The van der Waals surface area contributed by atoms with E-state index in [-0.39, 0.29) is 11.9 Å². The number of rotatable bonds is 2. The van der Waals surface area contributed by atoms with E-state index in [1.807, 2.05) is 11.8 Å². The van der Waals surface area contributed by atoms with E-state index >= 15 is 0 Å². The van der Waals surface area contributed by atoms with E-state index in [2.05, 4.69) is 22.5 Å². The average Bonchev–Trinajstić information content (AvgIpc) is 2.38. The third kappa shape index (κ3) is 2.95. The van der Waals surface area contributed by atoms with Crippen molar-refractivity contribution in [3.8, 4) is 0 Å². The van der Waals surface area contributed by atoms with E-state index in [0.29, 0.717) is 11.3 Å². The van der Waals surface area contributed by atoms with Gasteiger partial charge < -0.3 is 10.6 Å². The Labute approximate surface area is 108 Å². The van der Waals surface area contributed by atoms with Crippen LogP contribution in [0.4, 0.5) is 0 Å². The van der Waals surface area contributed by atoms with Crippen LogP contribution in [0.1, 0.15) is 19.8 Å². The molecule has 1 amide bonds. The third-order valence-corrected chi connectivity index (χ3v) is 5.19. The number of amides is 1. The Balaban J connectivity index is 2.06. The number of carbonyl (C=O) groups excluding carboxylic acids is 1. The summed E-state index contributed by atoms with van der Waals surface area (Å²) in [6.45, 7) is 5.08. The van der Waals surface area contributed by atoms with E-state index in [0.717, 1.165) is 19.6 Å². The topological polar surface area (TPSA) is 44.4 Å². The molecule has 2 aliphatic heterocycles. The lowest BCUT2D eigenvalue weighted by Crippen LogP contribution is -2.62. The summed E-state index contributed by atoms with van der Waals surface area (Å²) < 4.78 is 0. The number of hydrogen-bond donors (Lipinski definition) is 2. The molecular formula is C12H23N3OS. The molecule has 2 heterocycles. The molecule has 5 heteroatoms. The molecule has 3 atom stereocenters. The van der Waals surface area contributed by atoms with Crippen molar-refractivity contribution in [3.63, 3.8) is 0 Å². The first kappa shape index (κ1) is 13.2. The first-order valence-electron chi connectivity index (χ1n) is 6.53. The van der Waals surface area contributed by atoms with E-state index in [4.69, 9.17) is 0 Å². The molecule has 3 unspecified atom stereocenters. The van der Waals surface area contributed by atoms with Crippen LogP contribution in [0.2, 0.25) is 0 Å². The van der Waals surface area contributed by atoms with Crippen LogP contribution < -0.4 is 10.6 Å². The van der Waals surface area contributed by atoms with Crippen molar-refractivity contribution in [2.24, 2.45) is 0 Å². The minimum absolute atomic E-state index is 0.0138. The summed E-state index contributed by atoms with van der Waals surface area (Å²) >= 11 is 2.05. The molecule has 0 saturated carbocycles. The summed E-state index contributed by atoms with van der Waals surface area (Å²) in [5, 5.41) is 6.76. The molecule has 0 aromatic rings. The molecule has 2 N–H and O–H groups in total. The first-order valence-corrected chi connectivity index (χ1v) is 7.58. The summed E-state index contributed by atoms with van der Waals surface area (Å²) in [4.78, 5) is 14.3. The maximum absolute atomic E-state index is 11.9. The van der Waals surface area contributed by atoms with Crippen molar-refractivity contribution >= 4 is 17.7 Å². The van der Waals surface area contributed by atoms with Gasteiger partial charge in [-0.15, -0.1) is 0 Å². The molecule has 17 heavy (non-hydrogen) atoms. The highest BCUT2D eigenvalue weighted by molar-refractivity contribution is 7.99. The Hall–Kier alpha value is -0.260. The van der Waals surface area contributed by atoms with Crippen LogP contribution in [0.25, 0.3) is 0 Å². The first-order chi connectivity index (χ1) is 8.24. The molecule has 0 radical (unpaired) electrons. The average molecular weight is 257 g/mol. The molecular weight excluding hydrogens is 234 g/mol. The fourth-order valence-electron chi connectivity index (χ4n) is 2.87. The Morgan fingerprint density at radius 3 is 3.06 bits per heavy atom. The van der Waals surface area contributed by atoms with Gasteiger partial charge in [0.1, 0.15) is 6.04 Å². The van der Waals surface area contributed by atoms with E-state index in [9.17, 15) is 4.79 Å². The highest BCUT2D eigenvalue weighted by Gasteiger charge is 2.36. The fraction of sp³-hybridized carbons (Fsp3) is 0.917. The standard InChI is InChI=1S/C12H23N3OS/c1-9-10(4-3-7-17-9)15-6-5-14-8-11(15)12(16)13-2/h9-11,14H,3-8H2,1-2H3,(H,13,16). The lowest BCUT2D eigenvalue weighted by molar-refractivity contribution is -0.127. The number of carbonyl (C=O) groups is 1. The molecule has 0 aromatic carbocycles. The van der Waals surface area contributed by atoms with Crippen LogP contribution in [-0.2, 0) is 4.79 Å². The molecule has 98 valence electrons. The molecule has 0 aliphatic carbocycles. The second-order valence-corrected chi connectivity index (χ2v) is 6.34. The summed E-state index contributed by atoms with van der Waals surface area (Å²) in [6, 6.07) is 0.582. The minimum atomic E-state index is 0.0138. The van der Waals surface area contributed by atoms with Gasteiger partial charge in [-0.3, -0.25) is 9.69 Å². The van der Waals surface area contributed by atoms with E-state index in [1.54, 1.807) is 7.05 Å². The lowest BCUT2D eigenvalue weighted by Gasteiger charge is -2.44. The van der Waals surface area contributed by atoms with Crippen LogP contribution >= 0.6 is 11.8 Å². The molecule has 2 fully saturated rings. The quantitative estimate of drug-likeness (QED) is 0.746. The van der Waals surface area contributed by atoms with Crippen molar-refractivity contribution in [2.75, 3.05) is 32.4 Å². The zero-order valence-corrected chi connectivity index (χ0v) is 11.6. The Bertz CT molecular complexity index is 274. The number of nitrogens with zero attached hydrogens (tertiary/aromatic N) is 1. The number of thioether (sulfide) groups is 1. The monoisotopic (exact) mass is 257 g/mol. The van der Waals surface area contributed by atoms with Crippen molar-refractivity contribution in [1.82, 2.24) is 15.5 Å². The fourth-order valence-corrected chi connectivity index (χ4v) is 4.09. The molecule has 2 saturated heterocycles. The number of likely N-dealkylation sites (N-methyl/N-ethyl adjacent to an activating group) is 1. The van der Waals surface area contributed by atoms with Gasteiger partial charge in [0.25, 0.3) is 0 Å². The van der Waals surface area contributed by atoms with Gasteiger partial charge in [0.15, 0.2) is 0 Å². The Kier molecular flexibility index (Phi) is 4.70. The summed E-state index contributed by atoms with van der Waals surface area (Å²) in [5.74, 6) is 1.42. The van der Waals surface area contributed by atoms with Gasteiger partial charge in [-0.25, -0.2) is 0 Å². The number of hydrogen-bond acceptors (Lipinski definition) is 4. The Morgan fingerprint density at radius 2 is 2.35 bits per heavy atom.